The molecule has 0 amide bonds. The molecule has 2 rings (SSSR count). The summed E-state index contributed by atoms with van der Waals surface area (Å²) in [4.78, 5) is 10.2. The molecular formula is C14H20N2O4. The average molecular weight is 280 g/mol. The van der Waals surface area contributed by atoms with Crippen LogP contribution < -0.4 is 5.32 Å². The Morgan fingerprint density at radius 1 is 1.35 bits per heavy atom. The maximum absolute atomic E-state index is 10.7. The highest BCUT2D eigenvalue weighted by Crippen LogP contribution is 2.37. The molecule has 6 nitrogen and oxygen atoms in total. The summed E-state index contributed by atoms with van der Waals surface area (Å²) in [6, 6.07) is 6.11. The van der Waals surface area contributed by atoms with Crippen LogP contribution in [0.25, 0.3) is 0 Å². The fourth-order valence-electron chi connectivity index (χ4n) is 2.62. The van der Waals surface area contributed by atoms with E-state index in [0.29, 0.717) is 0 Å². The van der Waals surface area contributed by atoms with Crippen LogP contribution in [0.2, 0.25) is 0 Å². The molecule has 1 fully saturated rings. The van der Waals surface area contributed by atoms with E-state index in [9.17, 15) is 15.2 Å². The van der Waals surface area contributed by atoms with Crippen LogP contribution in [-0.2, 0) is 4.74 Å². The number of nitro groups is 1. The molecule has 0 bridgehead atoms. The normalized spacial score (nSPS) is 24.8. The molecule has 1 aliphatic rings. The Bertz CT molecular complexity index is 471. The zero-order valence-corrected chi connectivity index (χ0v) is 11.7. The van der Waals surface area contributed by atoms with Gasteiger partial charge in [-0.05, 0) is 30.5 Å². The Morgan fingerprint density at radius 3 is 2.40 bits per heavy atom. The maximum Gasteiger partial charge on any atom is 0.269 e. The number of nitrogens with one attached hydrogen (secondary N) is 1. The van der Waals surface area contributed by atoms with Gasteiger partial charge in [-0.15, -0.1) is 0 Å². The molecule has 2 atom stereocenters. The maximum atomic E-state index is 10.7. The van der Waals surface area contributed by atoms with Gasteiger partial charge in [0.25, 0.3) is 5.69 Å². The van der Waals surface area contributed by atoms with E-state index in [1.54, 1.807) is 12.1 Å². The summed E-state index contributed by atoms with van der Waals surface area (Å²) >= 11 is 0. The van der Waals surface area contributed by atoms with Gasteiger partial charge in [0.15, 0.2) is 0 Å². The second-order valence-electron chi connectivity index (χ2n) is 5.02. The number of hydrogen-bond donors (Lipinski definition) is 2. The van der Waals surface area contributed by atoms with Crippen LogP contribution >= 0.6 is 0 Å². The fourth-order valence-corrected chi connectivity index (χ4v) is 2.62. The molecule has 0 aromatic heterocycles. The standard InChI is InChI=1S/C14H20N2O4/c1-3-14(4-2)15-12(9-17)13(20-14)10-5-7-11(8-6-10)16(18)19/h5-8,12-13,15,17H,3-4,9H2,1-2H3/t12-,13-/m0/s1. The van der Waals surface area contributed by atoms with Crippen molar-refractivity contribution in [2.45, 2.75) is 44.6 Å². The summed E-state index contributed by atoms with van der Waals surface area (Å²) in [5.74, 6) is 0. The number of ether oxygens (including phenoxy) is 1. The lowest BCUT2D eigenvalue weighted by Crippen LogP contribution is -2.44. The smallest absolute Gasteiger partial charge is 0.269 e. The topological polar surface area (TPSA) is 84.6 Å². The van der Waals surface area contributed by atoms with Crippen molar-refractivity contribution in [3.63, 3.8) is 0 Å². The first-order valence-corrected chi connectivity index (χ1v) is 6.86. The fraction of sp³-hybridized carbons (Fsp3) is 0.571. The van der Waals surface area contributed by atoms with Crippen molar-refractivity contribution in [2.24, 2.45) is 0 Å². The second-order valence-corrected chi connectivity index (χ2v) is 5.02. The molecular weight excluding hydrogens is 260 g/mol. The Balaban J connectivity index is 2.24. The van der Waals surface area contributed by atoms with Gasteiger partial charge in [-0.1, -0.05) is 13.8 Å². The Hall–Kier alpha value is -1.50. The van der Waals surface area contributed by atoms with Crippen LogP contribution in [0, 0.1) is 10.1 Å². The first-order valence-electron chi connectivity index (χ1n) is 6.86. The van der Waals surface area contributed by atoms with Crippen molar-refractivity contribution in [1.29, 1.82) is 0 Å². The Morgan fingerprint density at radius 2 is 1.95 bits per heavy atom. The number of nitro benzene ring substituents is 1. The molecule has 0 radical (unpaired) electrons. The van der Waals surface area contributed by atoms with Crippen LogP contribution in [0.15, 0.2) is 24.3 Å². The third-order valence-corrected chi connectivity index (χ3v) is 3.94. The molecule has 110 valence electrons. The van der Waals surface area contributed by atoms with Gasteiger partial charge in [-0.25, -0.2) is 0 Å². The molecule has 1 saturated heterocycles. The SMILES string of the molecule is CCC1(CC)N[C@@H](CO)[C@H](c2ccc([N+](=O)[O-])cc2)O1. The number of hydrogen-bond acceptors (Lipinski definition) is 5. The predicted octanol–water partition coefficient (Wildman–Crippen LogP) is 2.13. The van der Waals surface area contributed by atoms with E-state index < -0.39 is 10.6 Å². The van der Waals surface area contributed by atoms with Crippen LogP contribution in [-0.4, -0.2) is 28.4 Å². The summed E-state index contributed by atoms with van der Waals surface area (Å²) in [5, 5.41) is 23.5. The third kappa shape index (κ3) is 2.67. The first-order chi connectivity index (χ1) is 9.55. The highest BCUT2D eigenvalue weighted by molar-refractivity contribution is 5.34. The molecule has 2 N–H and O–H groups in total. The van der Waals surface area contributed by atoms with Crippen molar-refractivity contribution in [2.75, 3.05) is 6.61 Å². The van der Waals surface area contributed by atoms with E-state index in [2.05, 4.69) is 5.32 Å². The van der Waals surface area contributed by atoms with E-state index in [0.717, 1.165) is 18.4 Å². The zero-order valence-electron chi connectivity index (χ0n) is 11.7. The van der Waals surface area contributed by atoms with Gasteiger partial charge in [-0.3, -0.25) is 15.4 Å². The van der Waals surface area contributed by atoms with E-state index in [-0.39, 0.29) is 24.4 Å². The lowest BCUT2D eigenvalue weighted by Gasteiger charge is -2.26. The van der Waals surface area contributed by atoms with Crippen molar-refractivity contribution >= 4 is 5.69 Å². The molecule has 0 unspecified atom stereocenters. The summed E-state index contributed by atoms with van der Waals surface area (Å²) in [6.07, 6.45) is 1.30. The minimum atomic E-state index is -0.431. The highest BCUT2D eigenvalue weighted by Gasteiger charge is 2.43. The van der Waals surface area contributed by atoms with Gasteiger partial charge in [0, 0.05) is 12.1 Å². The van der Waals surface area contributed by atoms with Crippen molar-refractivity contribution < 1.29 is 14.8 Å². The largest absolute Gasteiger partial charge is 0.395 e. The molecule has 1 heterocycles. The lowest BCUT2D eigenvalue weighted by atomic mass is 10.0. The Labute approximate surface area is 117 Å². The lowest BCUT2D eigenvalue weighted by molar-refractivity contribution is -0.384. The quantitative estimate of drug-likeness (QED) is 0.637. The van der Waals surface area contributed by atoms with Gasteiger partial charge >= 0.3 is 0 Å². The summed E-state index contributed by atoms with van der Waals surface area (Å²) in [6.45, 7) is 4.02. The molecule has 1 aliphatic heterocycles. The third-order valence-electron chi connectivity index (χ3n) is 3.94. The number of aliphatic hydroxyl groups is 1. The van der Waals surface area contributed by atoms with E-state index in [1.807, 2.05) is 13.8 Å². The molecule has 0 aliphatic carbocycles. The predicted molar refractivity (Wildman–Crippen MR) is 74.2 cm³/mol. The van der Waals surface area contributed by atoms with E-state index >= 15 is 0 Å². The molecule has 6 heteroatoms. The second kappa shape index (κ2) is 5.87. The monoisotopic (exact) mass is 280 g/mol. The molecule has 1 aromatic rings. The minimum absolute atomic E-state index is 0.0383. The average Bonchev–Trinajstić information content (AvgIpc) is 2.87. The van der Waals surface area contributed by atoms with Gasteiger partial charge in [0.05, 0.1) is 17.6 Å². The minimum Gasteiger partial charge on any atom is -0.395 e. The van der Waals surface area contributed by atoms with Gasteiger partial charge < -0.3 is 9.84 Å². The van der Waals surface area contributed by atoms with Crippen LogP contribution in [0.5, 0.6) is 0 Å². The number of rotatable bonds is 5. The van der Waals surface area contributed by atoms with Crippen molar-refractivity contribution in [3.8, 4) is 0 Å². The van der Waals surface area contributed by atoms with E-state index in [1.165, 1.54) is 12.1 Å². The summed E-state index contributed by atoms with van der Waals surface area (Å²) in [5.41, 5.74) is 0.461. The summed E-state index contributed by atoms with van der Waals surface area (Å²) < 4.78 is 6.10. The highest BCUT2D eigenvalue weighted by atomic mass is 16.6. The molecule has 1 aromatic carbocycles. The summed E-state index contributed by atoms with van der Waals surface area (Å²) in [7, 11) is 0. The zero-order chi connectivity index (χ0) is 14.8. The number of benzene rings is 1. The van der Waals surface area contributed by atoms with E-state index in [4.69, 9.17) is 4.74 Å². The van der Waals surface area contributed by atoms with Gasteiger partial charge in [0.1, 0.15) is 11.8 Å². The van der Waals surface area contributed by atoms with Crippen LogP contribution in [0.4, 0.5) is 5.69 Å². The first kappa shape index (κ1) is 14.9. The Kier molecular flexibility index (Phi) is 4.37. The molecule has 20 heavy (non-hydrogen) atoms. The van der Waals surface area contributed by atoms with Crippen LogP contribution in [0.3, 0.4) is 0 Å². The molecule has 0 spiro atoms. The number of nitrogens with zero attached hydrogens (tertiary/aromatic N) is 1. The van der Waals surface area contributed by atoms with Crippen molar-refractivity contribution in [1.82, 2.24) is 5.32 Å². The van der Waals surface area contributed by atoms with Crippen LogP contribution in [0.1, 0.15) is 38.4 Å². The van der Waals surface area contributed by atoms with Gasteiger partial charge in [-0.2, -0.15) is 0 Å². The number of non-ortho nitro benzene ring substituents is 1. The van der Waals surface area contributed by atoms with Gasteiger partial charge in [0.2, 0.25) is 0 Å². The molecule has 0 saturated carbocycles. The van der Waals surface area contributed by atoms with Crippen molar-refractivity contribution in [3.05, 3.63) is 39.9 Å². The number of aliphatic hydroxyl groups excluding tert-OH is 1.